The van der Waals surface area contributed by atoms with Gasteiger partial charge in [-0.15, -0.1) is 0 Å². The number of hydrogen-bond acceptors (Lipinski definition) is 3. The van der Waals surface area contributed by atoms with Gasteiger partial charge in [-0.2, -0.15) is 0 Å². The van der Waals surface area contributed by atoms with E-state index in [0.717, 1.165) is 12.8 Å². The zero-order valence-corrected chi connectivity index (χ0v) is 9.27. The lowest BCUT2D eigenvalue weighted by Gasteiger charge is -2.14. The first-order valence-electron chi connectivity index (χ1n) is 5.46. The Balaban J connectivity index is 2.07. The number of carboxylic acids is 1. The van der Waals surface area contributed by atoms with Crippen LogP contribution >= 0.6 is 0 Å². The largest absolute Gasteiger partial charge is 0.479 e. The van der Waals surface area contributed by atoms with E-state index >= 15 is 0 Å². The van der Waals surface area contributed by atoms with Crippen molar-refractivity contribution in [2.75, 3.05) is 6.54 Å². The van der Waals surface area contributed by atoms with E-state index in [2.05, 4.69) is 10.6 Å². The Bertz CT molecular complexity index is 266. The second kappa shape index (κ2) is 5.69. The summed E-state index contributed by atoms with van der Waals surface area (Å²) in [5, 5.41) is 22.6. The fraction of sp³-hybridized carbons (Fsp3) is 0.800. The third-order valence-corrected chi connectivity index (χ3v) is 2.68. The summed E-state index contributed by atoms with van der Waals surface area (Å²) in [6.45, 7) is 2.10. The average Bonchev–Trinajstić information content (AvgIpc) is 3.00. The van der Waals surface area contributed by atoms with Crippen LogP contribution in [0.15, 0.2) is 0 Å². The Labute approximate surface area is 94.0 Å². The topological polar surface area (TPSA) is 98.7 Å². The molecule has 0 heterocycles. The third kappa shape index (κ3) is 4.48. The molecular weight excluding hydrogens is 212 g/mol. The number of amides is 2. The highest BCUT2D eigenvalue weighted by atomic mass is 16.4. The summed E-state index contributed by atoms with van der Waals surface area (Å²) in [7, 11) is 0. The zero-order chi connectivity index (χ0) is 12.1. The van der Waals surface area contributed by atoms with Crippen molar-refractivity contribution in [2.45, 2.75) is 38.3 Å². The van der Waals surface area contributed by atoms with E-state index in [9.17, 15) is 9.59 Å². The zero-order valence-electron chi connectivity index (χ0n) is 9.27. The predicted octanol–water partition coefficient (Wildman–Crippen LogP) is -0.0803. The Kier molecular flexibility index (Phi) is 4.54. The fourth-order valence-corrected chi connectivity index (χ4v) is 1.42. The van der Waals surface area contributed by atoms with Gasteiger partial charge >= 0.3 is 12.0 Å². The van der Waals surface area contributed by atoms with Crippen LogP contribution in [0.4, 0.5) is 4.79 Å². The highest BCUT2D eigenvalue weighted by molar-refractivity contribution is 5.74. The van der Waals surface area contributed by atoms with Crippen LogP contribution < -0.4 is 10.6 Å². The molecule has 0 aromatic heterocycles. The lowest BCUT2D eigenvalue weighted by atomic mass is 10.2. The SMILES string of the molecule is CC(NC(=O)NCC[C@H](O)C(=O)O)C1CC1. The van der Waals surface area contributed by atoms with Crippen LogP contribution in [-0.4, -0.2) is 40.9 Å². The minimum absolute atomic E-state index is 0.0144. The van der Waals surface area contributed by atoms with Crippen molar-refractivity contribution in [2.24, 2.45) is 5.92 Å². The van der Waals surface area contributed by atoms with E-state index in [-0.39, 0.29) is 25.0 Å². The number of aliphatic hydroxyl groups excluding tert-OH is 1. The van der Waals surface area contributed by atoms with E-state index in [1.165, 1.54) is 0 Å². The van der Waals surface area contributed by atoms with E-state index in [4.69, 9.17) is 10.2 Å². The maximum absolute atomic E-state index is 11.3. The van der Waals surface area contributed by atoms with Crippen LogP contribution in [0.3, 0.4) is 0 Å². The highest BCUT2D eigenvalue weighted by Gasteiger charge is 2.28. The second-order valence-corrected chi connectivity index (χ2v) is 4.17. The maximum Gasteiger partial charge on any atom is 0.332 e. The van der Waals surface area contributed by atoms with Crippen molar-refractivity contribution in [1.82, 2.24) is 10.6 Å². The molecule has 4 N–H and O–H groups in total. The Hall–Kier alpha value is -1.30. The molecule has 2 atom stereocenters. The predicted molar refractivity (Wildman–Crippen MR) is 57.0 cm³/mol. The lowest BCUT2D eigenvalue weighted by molar-refractivity contribution is -0.146. The number of aliphatic hydroxyl groups is 1. The molecule has 1 saturated carbocycles. The van der Waals surface area contributed by atoms with E-state index < -0.39 is 12.1 Å². The van der Waals surface area contributed by atoms with Gasteiger partial charge in [0, 0.05) is 19.0 Å². The molecule has 0 saturated heterocycles. The van der Waals surface area contributed by atoms with Crippen LogP contribution in [0.2, 0.25) is 0 Å². The van der Waals surface area contributed by atoms with Gasteiger partial charge in [0.05, 0.1) is 0 Å². The normalized spacial score (nSPS) is 18.6. The van der Waals surface area contributed by atoms with E-state index in [0.29, 0.717) is 5.92 Å². The van der Waals surface area contributed by atoms with Crippen LogP contribution in [0.25, 0.3) is 0 Å². The van der Waals surface area contributed by atoms with Gasteiger partial charge in [-0.1, -0.05) is 0 Å². The van der Waals surface area contributed by atoms with Crippen molar-refractivity contribution in [3.63, 3.8) is 0 Å². The van der Waals surface area contributed by atoms with Crippen LogP contribution in [0, 0.1) is 5.92 Å². The van der Waals surface area contributed by atoms with Gasteiger partial charge in [0.2, 0.25) is 0 Å². The molecule has 1 fully saturated rings. The van der Waals surface area contributed by atoms with Gasteiger partial charge in [0.1, 0.15) is 0 Å². The number of carboxylic acid groups (broad SMARTS) is 1. The van der Waals surface area contributed by atoms with Crippen LogP contribution in [-0.2, 0) is 4.79 Å². The van der Waals surface area contributed by atoms with E-state index in [1.807, 2.05) is 6.92 Å². The van der Waals surface area contributed by atoms with Crippen molar-refractivity contribution in [3.05, 3.63) is 0 Å². The number of carbonyl (C=O) groups is 2. The first kappa shape index (κ1) is 12.8. The molecule has 1 aliphatic rings. The molecule has 0 spiro atoms. The second-order valence-electron chi connectivity index (χ2n) is 4.17. The smallest absolute Gasteiger partial charge is 0.332 e. The number of carbonyl (C=O) groups excluding carboxylic acids is 1. The first-order chi connectivity index (χ1) is 7.50. The number of aliphatic carboxylic acids is 1. The van der Waals surface area contributed by atoms with Gasteiger partial charge in [-0.05, 0) is 25.7 Å². The average molecular weight is 230 g/mol. The molecule has 16 heavy (non-hydrogen) atoms. The van der Waals surface area contributed by atoms with Crippen LogP contribution in [0.1, 0.15) is 26.2 Å². The van der Waals surface area contributed by atoms with Gasteiger partial charge in [0.15, 0.2) is 6.10 Å². The molecular formula is C10H18N2O4. The van der Waals surface area contributed by atoms with Gasteiger partial charge in [0.25, 0.3) is 0 Å². The summed E-state index contributed by atoms with van der Waals surface area (Å²) >= 11 is 0. The summed E-state index contributed by atoms with van der Waals surface area (Å²) in [5.74, 6) is -0.691. The summed E-state index contributed by atoms with van der Waals surface area (Å²) < 4.78 is 0. The summed E-state index contributed by atoms with van der Waals surface area (Å²) in [6.07, 6.45) is 0.903. The number of urea groups is 1. The molecule has 92 valence electrons. The molecule has 0 aliphatic heterocycles. The Morgan fingerprint density at radius 3 is 2.56 bits per heavy atom. The number of nitrogens with one attached hydrogen (secondary N) is 2. The van der Waals surface area contributed by atoms with Crippen molar-refractivity contribution in [1.29, 1.82) is 0 Å². The van der Waals surface area contributed by atoms with Gasteiger partial charge in [-0.25, -0.2) is 9.59 Å². The summed E-state index contributed by atoms with van der Waals surface area (Å²) in [4.78, 5) is 21.6. The van der Waals surface area contributed by atoms with Crippen molar-refractivity contribution >= 4 is 12.0 Å². The highest BCUT2D eigenvalue weighted by Crippen LogP contribution is 2.32. The van der Waals surface area contributed by atoms with Crippen molar-refractivity contribution in [3.8, 4) is 0 Å². The molecule has 0 aromatic carbocycles. The minimum atomic E-state index is -1.42. The Morgan fingerprint density at radius 1 is 1.44 bits per heavy atom. The van der Waals surface area contributed by atoms with Crippen molar-refractivity contribution < 1.29 is 19.8 Å². The molecule has 1 rings (SSSR count). The summed E-state index contributed by atoms with van der Waals surface area (Å²) in [6, 6.07) is -0.151. The molecule has 6 nitrogen and oxygen atoms in total. The Morgan fingerprint density at radius 2 is 2.06 bits per heavy atom. The van der Waals surface area contributed by atoms with E-state index in [1.54, 1.807) is 0 Å². The molecule has 1 unspecified atom stereocenters. The first-order valence-corrected chi connectivity index (χ1v) is 5.46. The molecule has 0 aromatic rings. The third-order valence-electron chi connectivity index (χ3n) is 2.68. The quantitative estimate of drug-likeness (QED) is 0.513. The van der Waals surface area contributed by atoms with Gasteiger partial charge in [-0.3, -0.25) is 0 Å². The van der Waals surface area contributed by atoms with Gasteiger partial charge < -0.3 is 20.8 Å². The molecule has 1 aliphatic carbocycles. The lowest BCUT2D eigenvalue weighted by Crippen LogP contribution is -2.42. The van der Waals surface area contributed by atoms with Crippen LogP contribution in [0.5, 0.6) is 0 Å². The fourth-order valence-electron chi connectivity index (χ4n) is 1.42. The standard InChI is InChI=1S/C10H18N2O4/c1-6(7-2-3-7)12-10(16)11-5-4-8(13)9(14)15/h6-8,13H,2-5H2,1H3,(H,14,15)(H2,11,12,16)/t6?,8-/m0/s1. The minimum Gasteiger partial charge on any atom is -0.479 e. The number of hydrogen-bond donors (Lipinski definition) is 4. The maximum atomic E-state index is 11.3. The molecule has 0 bridgehead atoms. The summed E-state index contributed by atoms with van der Waals surface area (Å²) in [5.41, 5.74) is 0. The number of rotatable bonds is 6. The molecule has 6 heteroatoms. The molecule has 0 radical (unpaired) electrons. The molecule has 2 amide bonds. The monoisotopic (exact) mass is 230 g/mol.